The van der Waals surface area contributed by atoms with Crippen LogP contribution in [-0.2, 0) is 9.59 Å². The number of rotatable bonds is 6. The molecule has 1 N–H and O–H groups in total. The Hall–Kier alpha value is -1.01. The van der Waals surface area contributed by atoms with Crippen LogP contribution in [0.3, 0.4) is 0 Å². The molecule has 1 aliphatic carbocycles. The number of carbonyl (C=O) groups excluding carboxylic acids is 2. The third kappa shape index (κ3) is 6.53. The van der Waals surface area contributed by atoms with Gasteiger partial charge in [0.2, 0.25) is 11.8 Å². The zero-order valence-electron chi connectivity index (χ0n) is 15.8. The minimum absolute atomic E-state index is 0.122. The van der Waals surface area contributed by atoms with Gasteiger partial charge in [-0.25, -0.2) is 0 Å². The third-order valence-corrected chi connectivity index (χ3v) is 7.08. The minimum atomic E-state index is 0.122. The number of likely N-dealkylation sites (tertiary alicyclic amines) is 1. The SMILES string of the molecule is O=C(CCSc1ccc(Br)cc1)NC1CCN(C(=O)C2CCCCC2)CC1. The van der Waals surface area contributed by atoms with E-state index < -0.39 is 0 Å². The number of thioether (sulfide) groups is 1. The summed E-state index contributed by atoms with van der Waals surface area (Å²) >= 11 is 5.13. The molecule has 1 saturated heterocycles. The number of hydrogen-bond donors (Lipinski definition) is 1. The zero-order valence-corrected chi connectivity index (χ0v) is 18.2. The summed E-state index contributed by atoms with van der Waals surface area (Å²) in [5, 5.41) is 3.16. The molecule has 148 valence electrons. The molecule has 0 radical (unpaired) electrons. The summed E-state index contributed by atoms with van der Waals surface area (Å²) < 4.78 is 1.07. The van der Waals surface area contributed by atoms with E-state index in [2.05, 4.69) is 33.4 Å². The number of nitrogens with zero attached hydrogens (tertiary/aromatic N) is 1. The van der Waals surface area contributed by atoms with Crippen LogP contribution in [0.25, 0.3) is 0 Å². The maximum absolute atomic E-state index is 12.6. The minimum Gasteiger partial charge on any atom is -0.353 e. The highest BCUT2D eigenvalue weighted by Crippen LogP contribution is 2.26. The van der Waals surface area contributed by atoms with Gasteiger partial charge in [-0.05, 0) is 49.9 Å². The second kappa shape index (κ2) is 10.5. The van der Waals surface area contributed by atoms with Gasteiger partial charge in [0.15, 0.2) is 0 Å². The molecule has 3 rings (SSSR count). The van der Waals surface area contributed by atoms with Crippen LogP contribution in [0.1, 0.15) is 51.4 Å². The lowest BCUT2D eigenvalue weighted by molar-refractivity contribution is -0.137. The first-order valence-electron chi connectivity index (χ1n) is 10.1. The van der Waals surface area contributed by atoms with Gasteiger partial charge in [0.05, 0.1) is 0 Å². The van der Waals surface area contributed by atoms with E-state index in [1.54, 1.807) is 11.8 Å². The van der Waals surface area contributed by atoms with Crippen LogP contribution in [0, 0.1) is 5.92 Å². The molecule has 0 aromatic heterocycles. The quantitative estimate of drug-likeness (QED) is 0.640. The lowest BCUT2D eigenvalue weighted by atomic mass is 9.87. The summed E-state index contributed by atoms with van der Waals surface area (Å²) in [6.45, 7) is 1.57. The van der Waals surface area contributed by atoms with Gasteiger partial charge in [-0.2, -0.15) is 0 Å². The predicted molar refractivity (Wildman–Crippen MR) is 114 cm³/mol. The van der Waals surface area contributed by atoms with Crippen molar-refractivity contribution >= 4 is 39.5 Å². The van der Waals surface area contributed by atoms with Crippen molar-refractivity contribution < 1.29 is 9.59 Å². The summed E-state index contributed by atoms with van der Waals surface area (Å²) in [4.78, 5) is 28.0. The van der Waals surface area contributed by atoms with Crippen molar-refractivity contribution in [2.75, 3.05) is 18.8 Å². The highest BCUT2D eigenvalue weighted by atomic mass is 79.9. The van der Waals surface area contributed by atoms with Gasteiger partial charge in [-0.1, -0.05) is 35.2 Å². The molecular formula is C21H29BrN2O2S. The highest BCUT2D eigenvalue weighted by Gasteiger charge is 2.29. The van der Waals surface area contributed by atoms with E-state index >= 15 is 0 Å². The van der Waals surface area contributed by atoms with Crippen molar-refractivity contribution in [2.45, 2.75) is 62.3 Å². The average Bonchev–Trinajstić information content (AvgIpc) is 2.70. The van der Waals surface area contributed by atoms with E-state index in [0.29, 0.717) is 12.3 Å². The number of benzene rings is 1. The van der Waals surface area contributed by atoms with E-state index in [-0.39, 0.29) is 17.9 Å². The van der Waals surface area contributed by atoms with Crippen molar-refractivity contribution in [1.29, 1.82) is 0 Å². The smallest absolute Gasteiger partial charge is 0.225 e. The van der Waals surface area contributed by atoms with Crippen LogP contribution < -0.4 is 5.32 Å². The molecular weight excluding hydrogens is 424 g/mol. The van der Waals surface area contributed by atoms with Crippen LogP contribution in [0.2, 0.25) is 0 Å². The van der Waals surface area contributed by atoms with Crippen molar-refractivity contribution in [3.8, 4) is 0 Å². The van der Waals surface area contributed by atoms with Crippen molar-refractivity contribution in [2.24, 2.45) is 5.92 Å². The van der Waals surface area contributed by atoms with Gasteiger partial charge in [-0.3, -0.25) is 9.59 Å². The Labute approximate surface area is 175 Å². The summed E-state index contributed by atoms with van der Waals surface area (Å²) in [7, 11) is 0. The normalized spacial score (nSPS) is 19.1. The first-order chi connectivity index (χ1) is 13.1. The van der Waals surface area contributed by atoms with E-state index in [0.717, 1.165) is 49.0 Å². The molecule has 1 saturated carbocycles. The Bertz CT molecular complexity index is 624. The molecule has 0 bridgehead atoms. The second-order valence-corrected chi connectivity index (χ2v) is 9.64. The molecule has 2 aliphatic rings. The van der Waals surface area contributed by atoms with E-state index in [4.69, 9.17) is 0 Å². The van der Waals surface area contributed by atoms with E-state index in [1.165, 1.54) is 24.2 Å². The Morgan fingerprint density at radius 3 is 2.37 bits per heavy atom. The molecule has 2 fully saturated rings. The molecule has 4 nitrogen and oxygen atoms in total. The summed E-state index contributed by atoms with van der Waals surface area (Å²) in [5.74, 6) is 1.51. The molecule has 0 atom stereocenters. The van der Waals surface area contributed by atoms with Crippen LogP contribution in [0.15, 0.2) is 33.6 Å². The first kappa shape index (κ1) is 20.7. The van der Waals surface area contributed by atoms with Gasteiger partial charge in [0, 0.05) is 46.6 Å². The molecule has 1 aromatic rings. The maximum Gasteiger partial charge on any atom is 0.225 e. The van der Waals surface area contributed by atoms with Gasteiger partial charge in [0.1, 0.15) is 0 Å². The lowest BCUT2D eigenvalue weighted by Crippen LogP contribution is -2.48. The standard InChI is InChI=1S/C21H29BrN2O2S/c22-17-6-8-19(9-7-17)27-15-12-20(25)23-18-10-13-24(14-11-18)21(26)16-4-2-1-3-5-16/h6-9,16,18H,1-5,10-15H2,(H,23,25). The maximum atomic E-state index is 12.6. The molecule has 0 unspecified atom stereocenters. The largest absolute Gasteiger partial charge is 0.353 e. The number of halogens is 1. The van der Waals surface area contributed by atoms with Gasteiger partial charge >= 0.3 is 0 Å². The topological polar surface area (TPSA) is 49.4 Å². The number of piperidine rings is 1. The number of carbonyl (C=O) groups is 2. The zero-order chi connectivity index (χ0) is 19.1. The Morgan fingerprint density at radius 2 is 1.70 bits per heavy atom. The predicted octanol–water partition coefficient (Wildman–Crippen LogP) is 4.62. The Kier molecular flexibility index (Phi) is 8.07. The molecule has 1 heterocycles. The summed E-state index contributed by atoms with van der Waals surface area (Å²) in [6, 6.07) is 8.37. The number of nitrogens with one attached hydrogen (secondary N) is 1. The summed E-state index contributed by atoms with van der Waals surface area (Å²) in [6.07, 6.45) is 8.08. The van der Waals surface area contributed by atoms with Gasteiger partial charge in [-0.15, -0.1) is 11.8 Å². The third-order valence-electron chi connectivity index (χ3n) is 5.54. The highest BCUT2D eigenvalue weighted by molar-refractivity contribution is 9.10. The van der Waals surface area contributed by atoms with E-state index in [9.17, 15) is 9.59 Å². The van der Waals surface area contributed by atoms with Crippen LogP contribution in [0.4, 0.5) is 0 Å². The van der Waals surface area contributed by atoms with Crippen molar-refractivity contribution in [3.05, 3.63) is 28.7 Å². The fraction of sp³-hybridized carbons (Fsp3) is 0.619. The molecule has 1 aliphatic heterocycles. The van der Waals surface area contributed by atoms with Crippen LogP contribution >= 0.6 is 27.7 Å². The van der Waals surface area contributed by atoms with Crippen LogP contribution in [-0.4, -0.2) is 41.6 Å². The van der Waals surface area contributed by atoms with Crippen molar-refractivity contribution in [1.82, 2.24) is 10.2 Å². The monoisotopic (exact) mass is 452 g/mol. The Balaban J connectivity index is 1.33. The summed E-state index contributed by atoms with van der Waals surface area (Å²) in [5.41, 5.74) is 0. The second-order valence-electron chi connectivity index (χ2n) is 7.55. The molecule has 2 amide bonds. The van der Waals surface area contributed by atoms with Gasteiger partial charge in [0.25, 0.3) is 0 Å². The fourth-order valence-electron chi connectivity index (χ4n) is 3.94. The van der Waals surface area contributed by atoms with Crippen LogP contribution in [0.5, 0.6) is 0 Å². The lowest BCUT2D eigenvalue weighted by Gasteiger charge is -2.35. The van der Waals surface area contributed by atoms with Crippen molar-refractivity contribution in [3.63, 3.8) is 0 Å². The fourth-order valence-corrected chi connectivity index (χ4v) is 5.06. The Morgan fingerprint density at radius 1 is 1.04 bits per heavy atom. The molecule has 27 heavy (non-hydrogen) atoms. The van der Waals surface area contributed by atoms with Gasteiger partial charge < -0.3 is 10.2 Å². The molecule has 0 spiro atoms. The molecule has 1 aromatic carbocycles. The van der Waals surface area contributed by atoms with E-state index in [1.807, 2.05) is 17.0 Å². The average molecular weight is 453 g/mol. The number of amides is 2. The number of hydrogen-bond acceptors (Lipinski definition) is 3. The first-order valence-corrected chi connectivity index (χ1v) is 11.9. The molecule has 6 heteroatoms.